The molecular formula is C29H19Cl2NO5S. The Kier molecular flexibility index (Phi) is 6.66. The second kappa shape index (κ2) is 10.3. The van der Waals surface area contributed by atoms with Gasteiger partial charge in [0.25, 0.3) is 11.1 Å². The number of rotatable bonds is 6. The van der Waals surface area contributed by atoms with Crippen molar-refractivity contribution in [3.63, 3.8) is 0 Å². The molecule has 190 valence electrons. The summed E-state index contributed by atoms with van der Waals surface area (Å²) in [6.45, 7) is 0.445. The van der Waals surface area contributed by atoms with Crippen LogP contribution in [0.1, 0.15) is 16.7 Å². The van der Waals surface area contributed by atoms with Gasteiger partial charge in [-0.05, 0) is 64.0 Å². The van der Waals surface area contributed by atoms with Crippen LogP contribution in [0, 0.1) is 0 Å². The molecule has 6 rings (SSSR count). The zero-order valence-electron chi connectivity index (χ0n) is 19.8. The van der Waals surface area contributed by atoms with Crippen molar-refractivity contribution in [2.45, 2.75) is 13.2 Å². The van der Waals surface area contributed by atoms with Crippen LogP contribution in [0.2, 0.25) is 10.0 Å². The normalized spacial score (nSPS) is 15.6. The molecule has 0 spiro atoms. The van der Waals surface area contributed by atoms with Crippen molar-refractivity contribution in [3.8, 4) is 17.2 Å². The molecule has 1 saturated heterocycles. The Labute approximate surface area is 232 Å². The molecule has 2 amide bonds. The van der Waals surface area contributed by atoms with Crippen molar-refractivity contribution in [1.82, 2.24) is 4.90 Å². The highest BCUT2D eigenvalue weighted by molar-refractivity contribution is 8.18. The largest absolute Gasteiger partial charge is 0.488 e. The third-order valence-corrected chi connectivity index (χ3v) is 7.77. The quantitative estimate of drug-likeness (QED) is 0.224. The molecule has 0 radical (unpaired) electrons. The molecule has 9 heteroatoms. The molecule has 0 unspecified atom stereocenters. The fourth-order valence-electron chi connectivity index (χ4n) is 4.31. The Bertz CT molecular complexity index is 1620. The summed E-state index contributed by atoms with van der Waals surface area (Å²) in [7, 11) is 0. The van der Waals surface area contributed by atoms with Gasteiger partial charge in [-0.25, -0.2) is 0 Å². The van der Waals surface area contributed by atoms with Crippen molar-refractivity contribution in [1.29, 1.82) is 0 Å². The SMILES string of the molecule is O=C1S/C(=C\c2c(OCc3ccc(Cl)cc3)ccc3ccccc23)C(=O)N1Cc1cc2c(cc1Cl)OCO2. The number of carbonyl (C=O) groups excluding carboxylic acids is 2. The first-order valence-corrected chi connectivity index (χ1v) is 13.3. The maximum atomic E-state index is 13.4. The van der Waals surface area contributed by atoms with E-state index in [0.29, 0.717) is 44.4 Å². The maximum absolute atomic E-state index is 13.4. The van der Waals surface area contributed by atoms with Crippen LogP contribution >= 0.6 is 35.0 Å². The van der Waals surface area contributed by atoms with Crippen molar-refractivity contribution in [2.24, 2.45) is 0 Å². The second-order valence-corrected chi connectivity index (χ2v) is 10.5. The van der Waals surface area contributed by atoms with Crippen molar-refractivity contribution in [2.75, 3.05) is 6.79 Å². The molecule has 38 heavy (non-hydrogen) atoms. The van der Waals surface area contributed by atoms with Crippen LogP contribution in [-0.2, 0) is 17.9 Å². The molecule has 0 saturated carbocycles. The Morgan fingerprint density at radius 3 is 2.53 bits per heavy atom. The van der Waals surface area contributed by atoms with Gasteiger partial charge in [0, 0.05) is 21.7 Å². The van der Waals surface area contributed by atoms with E-state index in [0.717, 1.165) is 33.7 Å². The minimum Gasteiger partial charge on any atom is -0.488 e. The first kappa shape index (κ1) is 24.7. The van der Waals surface area contributed by atoms with E-state index in [4.69, 9.17) is 37.4 Å². The number of carbonyl (C=O) groups is 2. The van der Waals surface area contributed by atoms with Crippen LogP contribution in [0.5, 0.6) is 17.2 Å². The molecule has 4 aromatic rings. The summed E-state index contributed by atoms with van der Waals surface area (Å²) < 4.78 is 16.9. The van der Waals surface area contributed by atoms with Gasteiger partial charge in [0.05, 0.1) is 11.4 Å². The van der Waals surface area contributed by atoms with Crippen LogP contribution in [0.4, 0.5) is 4.79 Å². The lowest BCUT2D eigenvalue weighted by atomic mass is 10.0. The van der Waals surface area contributed by atoms with Gasteiger partial charge in [-0.3, -0.25) is 14.5 Å². The van der Waals surface area contributed by atoms with Gasteiger partial charge in [-0.2, -0.15) is 0 Å². The first-order valence-electron chi connectivity index (χ1n) is 11.7. The number of ether oxygens (including phenoxy) is 3. The average molecular weight is 564 g/mol. The number of fused-ring (bicyclic) bond motifs is 2. The number of hydrogen-bond acceptors (Lipinski definition) is 6. The van der Waals surface area contributed by atoms with E-state index >= 15 is 0 Å². The Balaban J connectivity index is 1.31. The van der Waals surface area contributed by atoms with Crippen LogP contribution in [0.15, 0.2) is 77.7 Å². The number of thioether (sulfide) groups is 1. The first-order chi connectivity index (χ1) is 18.5. The van der Waals surface area contributed by atoms with E-state index in [1.165, 1.54) is 4.90 Å². The number of benzene rings is 4. The Hall–Kier alpha value is -3.65. The smallest absolute Gasteiger partial charge is 0.293 e. The standard InChI is InChI=1S/C29H19Cl2NO5S/c30-20-8-5-17(6-9-20)15-35-24-10-7-18-3-1-2-4-21(18)22(24)12-27-28(33)32(29(34)38-27)14-19-11-25-26(13-23(19)31)37-16-36-25/h1-13H,14-16H2/b27-12-. The molecule has 0 aromatic heterocycles. The molecule has 0 atom stereocenters. The van der Waals surface area contributed by atoms with Crippen LogP contribution in [0.25, 0.3) is 16.8 Å². The van der Waals surface area contributed by atoms with E-state index in [2.05, 4.69) is 0 Å². The van der Waals surface area contributed by atoms with Gasteiger partial charge in [0.15, 0.2) is 11.5 Å². The van der Waals surface area contributed by atoms with Crippen LogP contribution in [0.3, 0.4) is 0 Å². The predicted octanol–water partition coefficient (Wildman–Crippen LogP) is 7.69. The summed E-state index contributed by atoms with van der Waals surface area (Å²) in [6, 6.07) is 22.4. The van der Waals surface area contributed by atoms with Gasteiger partial charge in [0.1, 0.15) is 12.4 Å². The van der Waals surface area contributed by atoms with Crippen LogP contribution in [-0.4, -0.2) is 22.8 Å². The van der Waals surface area contributed by atoms with Gasteiger partial charge in [-0.15, -0.1) is 0 Å². The lowest BCUT2D eigenvalue weighted by molar-refractivity contribution is -0.123. The average Bonchev–Trinajstić information content (AvgIpc) is 3.48. The number of halogens is 2. The third-order valence-electron chi connectivity index (χ3n) is 6.26. The van der Waals surface area contributed by atoms with Gasteiger partial charge in [0.2, 0.25) is 6.79 Å². The topological polar surface area (TPSA) is 65.1 Å². The summed E-state index contributed by atoms with van der Waals surface area (Å²) in [6.07, 6.45) is 1.73. The van der Waals surface area contributed by atoms with E-state index in [9.17, 15) is 9.59 Å². The van der Waals surface area contributed by atoms with Crippen molar-refractivity contribution in [3.05, 3.63) is 104 Å². The minimum atomic E-state index is -0.398. The third kappa shape index (κ3) is 4.80. The molecule has 0 N–H and O–H groups in total. The number of hydrogen-bond donors (Lipinski definition) is 0. The molecular weight excluding hydrogens is 545 g/mol. The fourth-order valence-corrected chi connectivity index (χ4v) is 5.47. The highest BCUT2D eigenvalue weighted by atomic mass is 35.5. The molecule has 4 aromatic carbocycles. The number of imide groups is 1. The van der Waals surface area contributed by atoms with Crippen molar-refractivity contribution >= 4 is 63.0 Å². The van der Waals surface area contributed by atoms with E-state index in [1.54, 1.807) is 18.2 Å². The van der Waals surface area contributed by atoms with E-state index in [-0.39, 0.29) is 18.6 Å². The fraction of sp³-hybridized carbons (Fsp3) is 0.103. The van der Waals surface area contributed by atoms with Crippen LogP contribution < -0.4 is 14.2 Å². The predicted molar refractivity (Wildman–Crippen MR) is 149 cm³/mol. The Morgan fingerprint density at radius 2 is 1.71 bits per heavy atom. The summed E-state index contributed by atoms with van der Waals surface area (Å²) in [5, 5.41) is 2.57. The molecule has 1 fully saturated rings. The molecule has 0 bridgehead atoms. The highest BCUT2D eigenvalue weighted by Crippen LogP contribution is 2.40. The van der Waals surface area contributed by atoms with Gasteiger partial charge < -0.3 is 14.2 Å². The summed E-state index contributed by atoms with van der Waals surface area (Å²) in [5.74, 6) is 1.27. The zero-order chi connectivity index (χ0) is 26.2. The Morgan fingerprint density at radius 1 is 0.947 bits per heavy atom. The monoisotopic (exact) mass is 563 g/mol. The summed E-state index contributed by atoms with van der Waals surface area (Å²) in [5.41, 5.74) is 2.27. The molecule has 2 heterocycles. The second-order valence-electron chi connectivity index (χ2n) is 8.68. The van der Waals surface area contributed by atoms with Crippen molar-refractivity contribution < 1.29 is 23.8 Å². The molecule has 2 aliphatic rings. The number of nitrogens with zero attached hydrogens (tertiary/aromatic N) is 1. The summed E-state index contributed by atoms with van der Waals surface area (Å²) in [4.78, 5) is 27.8. The lowest BCUT2D eigenvalue weighted by Gasteiger charge is -2.14. The highest BCUT2D eigenvalue weighted by Gasteiger charge is 2.36. The van der Waals surface area contributed by atoms with Gasteiger partial charge >= 0.3 is 0 Å². The molecule has 2 aliphatic heterocycles. The van der Waals surface area contributed by atoms with Gasteiger partial charge in [-0.1, -0.05) is 65.7 Å². The zero-order valence-corrected chi connectivity index (χ0v) is 22.1. The van der Waals surface area contributed by atoms with E-state index in [1.807, 2.05) is 60.7 Å². The number of amides is 2. The molecule has 6 nitrogen and oxygen atoms in total. The molecule has 0 aliphatic carbocycles. The minimum absolute atomic E-state index is 0.0208. The van der Waals surface area contributed by atoms with E-state index < -0.39 is 5.91 Å². The maximum Gasteiger partial charge on any atom is 0.293 e. The summed E-state index contributed by atoms with van der Waals surface area (Å²) >= 11 is 13.3. The lowest BCUT2D eigenvalue weighted by Crippen LogP contribution is -2.27.